The van der Waals surface area contributed by atoms with Crippen LogP contribution in [0, 0.1) is 26.0 Å². The van der Waals surface area contributed by atoms with Crippen LogP contribution in [0.1, 0.15) is 61.1 Å². The fourth-order valence-corrected chi connectivity index (χ4v) is 11.0. The molecule has 0 unspecified atom stereocenters. The second kappa shape index (κ2) is 14.2. The van der Waals surface area contributed by atoms with Crippen LogP contribution in [0.3, 0.4) is 0 Å². The predicted octanol–water partition coefficient (Wildman–Crippen LogP) is 9.98. The first-order valence-corrected chi connectivity index (χ1v) is 19.3. The summed E-state index contributed by atoms with van der Waals surface area (Å²) in [6.07, 6.45) is 3.85. The number of hydrogen-bond acceptors (Lipinski definition) is 2. The summed E-state index contributed by atoms with van der Waals surface area (Å²) in [5.74, 6) is 0. The van der Waals surface area contributed by atoms with Gasteiger partial charge < -0.3 is 4.98 Å². The molecule has 259 valence electrons. The third kappa shape index (κ3) is 6.33. The van der Waals surface area contributed by atoms with E-state index < -0.39 is 0 Å². The van der Waals surface area contributed by atoms with Crippen molar-refractivity contribution in [2.45, 2.75) is 52.4 Å². The molecule has 0 bridgehead atoms. The molecule has 0 spiro atoms. The van der Waals surface area contributed by atoms with Gasteiger partial charge in [-0.3, -0.25) is 0 Å². The zero-order valence-corrected chi connectivity index (χ0v) is 34.4. The molecule has 0 atom stereocenters. The Kier molecular flexibility index (Phi) is 9.81. The second-order valence-corrected chi connectivity index (χ2v) is 16.9. The molecule has 2 nitrogen and oxygen atoms in total. The fourth-order valence-electron chi connectivity index (χ4n) is 8.05. The summed E-state index contributed by atoms with van der Waals surface area (Å²) >= 11 is 0.347. The maximum absolute atomic E-state index is 4.86. The van der Waals surface area contributed by atoms with Crippen LogP contribution < -0.4 is 8.92 Å². The summed E-state index contributed by atoms with van der Waals surface area (Å²) in [6, 6.07) is 50.1. The molecular formula is C48H40IrN2Se-2. The molecule has 0 saturated carbocycles. The molecule has 52 heavy (non-hydrogen) atoms. The molecule has 1 radical (unpaired) electrons. The Hall–Kier alpha value is -4.43. The quantitative estimate of drug-likeness (QED) is 0.130. The Bertz CT molecular complexity index is 2390. The molecule has 4 heteroatoms. The van der Waals surface area contributed by atoms with Gasteiger partial charge in [-0.25, -0.2) is 0 Å². The zero-order chi connectivity index (χ0) is 35.3. The summed E-state index contributed by atoms with van der Waals surface area (Å²) in [5, 5.41) is 0. The Morgan fingerprint density at radius 1 is 0.538 bits per heavy atom. The Labute approximate surface area is 328 Å². The number of hydrogen-bond donors (Lipinski definition) is 0. The van der Waals surface area contributed by atoms with Crippen molar-refractivity contribution in [3.63, 3.8) is 0 Å². The molecule has 1 aliphatic carbocycles. The van der Waals surface area contributed by atoms with E-state index in [9.17, 15) is 0 Å². The molecule has 1 aliphatic heterocycles. The van der Waals surface area contributed by atoms with Crippen molar-refractivity contribution in [1.82, 2.24) is 9.97 Å². The molecule has 0 N–H and O–H groups in total. The van der Waals surface area contributed by atoms with Crippen molar-refractivity contribution in [1.29, 1.82) is 0 Å². The predicted molar refractivity (Wildman–Crippen MR) is 213 cm³/mol. The molecule has 9 rings (SSSR count). The van der Waals surface area contributed by atoms with Gasteiger partial charge in [0.05, 0.1) is 0 Å². The maximum atomic E-state index is 4.86. The monoisotopic (exact) mass is 917 g/mol. The molecule has 2 aromatic heterocycles. The molecule has 0 amide bonds. The first-order valence-electron chi connectivity index (χ1n) is 17.6. The first-order chi connectivity index (χ1) is 24.6. The number of benzene rings is 5. The van der Waals surface area contributed by atoms with Crippen LogP contribution in [0.5, 0.6) is 0 Å². The fraction of sp³-hybridized carbons (Fsp3) is 0.167. The minimum absolute atomic E-state index is 0. The first kappa shape index (κ1) is 35.9. The van der Waals surface area contributed by atoms with E-state index in [-0.39, 0.29) is 30.9 Å². The number of aryl methyl sites for hydroxylation is 2. The average molecular weight is 916 g/mol. The largest absolute Gasteiger partial charge is 0.304 e. The van der Waals surface area contributed by atoms with Gasteiger partial charge in [0.25, 0.3) is 0 Å². The smallest absolute Gasteiger partial charge is 0.0239 e. The van der Waals surface area contributed by atoms with Crippen molar-refractivity contribution in [2.75, 3.05) is 0 Å². The van der Waals surface area contributed by atoms with E-state index in [0.717, 1.165) is 28.1 Å². The molecule has 3 heterocycles. The average Bonchev–Trinajstić information content (AvgIpc) is 3.38. The van der Waals surface area contributed by atoms with Crippen molar-refractivity contribution in [3.8, 4) is 44.8 Å². The number of fused-ring (bicyclic) bond motifs is 5. The van der Waals surface area contributed by atoms with E-state index in [4.69, 9.17) is 4.98 Å². The zero-order valence-electron chi connectivity index (χ0n) is 30.3. The minimum Gasteiger partial charge on any atom is -0.304 e. The normalized spacial score (nSPS) is 14.0. The summed E-state index contributed by atoms with van der Waals surface area (Å²) in [7, 11) is 0. The van der Waals surface area contributed by atoms with Crippen LogP contribution in [0.15, 0.2) is 134 Å². The molecule has 0 fully saturated rings. The van der Waals surface area contributed by atoms with Gasteiger partial charge in [-0.05, 0) is 47.2 Å². The number of pyridine rings is 2. The van der Waals surface area contributed by atoms with Gasteiger partial charge in [0.15, 0.2) is 0 Å². The van der Waals surface area contributed by atoms with Gasteiger partial charge in [0, 0.05) is 26.3 Å². The molecular weight excluding hydrogens is 876 g/mol. The Balaban J connectivity index is 0.000000164. The molecule has 0 saturated heterocycles. The minimum atomic E-state index is -0.0625. The van der Waals surface area contributed by atoms with E-state index >= 15 is 0 Å². The van der Waals surface area contributed by atoms with E-state index in [1.807, 2.05) is 30.6 Å². The van der Waals surface area contributed by atoms with Crippen LogP contribution in [0.2, 0.25) is 0 Å². The van der Waals surface area contributed by atoms with E-state index in [2.05, 4.69) is 162 Å². The van der Waals surface area contributed by atoms with Crippen molar-refractivity contribution in [2.24, 2.45) is 0 Å². The number of aromatic nitrogens is 2. The standard InChI is InChI=1S/C28H24N.C20H16NSe.Ir/c1-18-14-19(2)16-21(15-18)20-12-13-26(29-17-20)24-10-7-9-23-22-8-5-6-11-25(22)28(3,4)27(23)24;1-20(2)15-9-3-4-11-17(15)22-18-12-7-8-14(19(18)20)16-10-5-6-13-21-16;/h5-9,11-17H,1-4H3;3-7,9-13H,1-2H3;/q2*-1;. The van der Waals surface area contributed by atoms with Gasteiger partial charge in [-0.15, -0.1) is 29.3 Å². The summed E-state index contributed by atoms with van der Waals surface area (Å²) in [5.41, 5.74) is 17.3. The maximum Gasteiger partial charge on any atom is 0.0239 e. The van der Waals surface area contributed by atoms with E-state index in [0.29, 0.717) is 15.0 Å². The van der Waals surface area contributed by atoms with Crippen molar-refractivity contribution in [3.05, 3.63) is 179 Å². The van der Waals surface area contributed by atoms with E-state index in [1.54, 1.807) is 0 Å². The van der Waals surface area contributed by atoms with Crippen LogP contribution in [-0.4, -0.2) is 24.9 Å². The molecule has 5 aromatic carbocycles. The third-order valence-corrected chi connectivity index (χ3v) is 12.8. The van der Waals surface area contributed by atoms with E-state index in [1.165, 1.54) is 59.0 Å². The van der Waals surface area contributed by atoms with Crippen LogP contribution in [0.4, 0.5) is 0 Å². The van der Waals surface area contributed by atoms with Gasteiger partial charge in [-0.2, -0.15) is 0 Å². The summed E-state index contributed by atoms with van der Waals surface area (Å²) in [6.45, 7) is 13.5. The van der Waals surface area contributed by atoms with Crippen LogP contribution in [0.25, 0.3) is 44.8 Å². The van der Waals surface area contributed by atoms with Crippen molar-refractivity contribution < 1.29 is 20.1 Å². The molecule has 2 aliphatic rings. The molecule has 7 aromatic rings. The Morgan fingerprint density at radius 2 is 1.17 bits per heavy atom. The number of rotatable bonds is 3. The van der Waals surface area contributed by atoms with Crippen LogP contribution >= 0.6 is 0 Å². The SMILES string of the molecule is CC1(C)c2ccccc2[Se]c2cc[c-]c(-c3ccccn3)c21.Cc1cc(C)cc(-c2ccc(-c3[c-]ccc4c3C(C)(C)c3ccccc3-4)nc2)c1.[Ir]. The third-order valence-electron chi connectivity index (χ3n) is 10.4. The van der Waals surface area contributed by atoms with Gasteiger partial charge in [0.2, 0.25) is 0 Å². The van der Waals surface area contributed by atoms with Gasteiger partial charge in [-0.1, -0.05) is 85.1 Å². The Morgan fingerprint density at radius 3 is 1.88 bits per heavy atom. The number of nitrogens with zero attached hydrogens (tertiary/aromatic N) is 2. The second-order valence-electron chi connectivity index (χ2n) is 14.7. The van der Waals surface area contributed by atoms with Gasteiger partial charge in [0.1, 0.15) is 0 Å². The summed E-state index contributed by atoms with van der Waals surface area (Å²) in [4.78, 5) is 9.41. The van der Waals surface area contributed by atoms with Gasteiger partial charge >= 0.3 is 137 Å². The topological polar surface area (TPSA) is 25.8 Å². The van der Waals surface area contributed by atoms with Crippen molar-refractivity contribution >= 4 is 23.9 Å². The summed E-state index contributed by atoms with van der Waals surface area (Å²) < 4.78 is 2.95. The van der Waals surface area contributed by atoms with Crippen LogP contribution in [-0.2, 0) is 30.9 Å².